The van der Waals surface area contributed by atoms with Gasteiger partial charge in [0.1, 0.15) is 17.8 Å². The van der Waals surface area contributed by atoms with Crippen LogP contribution < -0.4 is 5.32 Å². The monoisotopic (exact) mass is 310 g/mol. The van der Waals surface area contributed by atoms with E-state index in [9.17, 15) is 9.59 Å². The molecule has 0 unspecified atom stereocenters. The molecule has 0 aliphatic carbocycles. The number of benzene rings is 1. The Morgan fingerprint density at radius 1 is 1.09 bits per heavy atom. The number of rotatable bonds is 4. The molecular weight excluding hydrogens is 292 g/mol. The lowest BCUT2D eigenvalue weighted by Crippen LogP contribution is -2.28. The summed E-state index contributed by atoms with van der Waals surface area (Å²) >= 11 is 0. The maximum absolute atomic E-state index is 12.3. The van der Waals surface area contributed by atoms with Crippen LogP contribution in [-0.2, 0) is 0 Å². The molecule has 2 aromatic rings. The third-order valence-electron chi connectivity index (χ3n) is 3.84. The van der Waals surface area contributed by atoms with Crippen LogP contribution in [-0.4, -0.2) is 39.6 Å². The van der Waals surface area contributed by atoms with Crippen molar-refractivity contribution < 1.29 is 9.59 Å². The number of anilines is 2. The van der Waals surface area contributed by atoms with E-state index in [0.717, 1.165) is 31.6 Å². The van der Waals surface area contributed by atoms with E-state index in [1.807, 2.05) is 4.90 Å². The summed E-state index contributed by atoms with van der Waals surface area (Å²) in [4.78, 5) is 33.6. The molecule has 2 heterocycles. The van der Waals surface area contributed by atoms with Crippen molar-refractivity contribution in [2.24, 2.45) is 0 Å². The summed E-state index contributed by atoms with van der Waals surface area (Å²) in [5.41, 5.74) is 1.85. The van der Waals surface area contributed by atoms with Crippen molar-refractivity contribution in [2.45, 2.75) is 19.8 Å². The van der Waals surface area contributed by atoms with Gasteiger partial charge in [0.15, 0.2) is 5.78 Å². The van der Waals surface area contributed by atoms with Gasteiger partial charge < -0.3 is 10.2 Å². The van der Waals surface area contributed by atoms with Gasteiger partial charge in [-0.05, 0) is 44.0 Å². The number of likely N-dealkylation sites (tertiary alicyclic amines) is 1. The van der Waals surface area contributed by atoms with Crippen LogP contribution >= 0.6 is 0 Å². The number of aromatic nitrogens is 2. The quantitative estimate of drug-likeness (QED) is 0.879. The number of nitrogens with one attached hydrogen (secondary N) is 1. The molecule has 1 fully saturated rings. The highest BCUT2D eigenvalue weighted by Gasteiger charge is 2.20. The minimum absolute atomic E-state index is 0.0251. The summed E-state index contributed by atoms with van der Waals surface area (Å²) in [6, 6.07) is 8.77. The van der Waals surface area contributed by atoms with Gasteiger partial charge in [0.2, 0.25) is 0 Å². The van der Waals surface area contributed by atoms with Gasteiger partial charge in [0, 0.05) is 30.4 Å². The molecule has 6 heteroatoms. The van der Waals surface area contributed by atoms with Crippen LogP contribution in [0.5, 0.6) is 0 Å². The Bertz CT molecular complexity index is 722. The smallest absolute Gasteiger partial charge is 0.272 e. The molecule has 0 radical (unpaired) electrons. The van der Waals surface area contributed by atoms with Gasteiger partial charge in [-0.2, -0.15) is 0 Å². The Morgan fingerprint density at radius 3 is 2.43 bits per heavy atom. The molecule has 1 aromatic carbocycles. The van der Waals surface area contributed by atoms with Gasteiger partial charge in [-0.15, -0.1) is 0 Å². The summed E-state index contributed by atoms with van der Waals surface area (Å²) in [6.45, 7) is 3.11. The molecule has 0 spiro atoms. The van der Waals surface area contributed by atoms with Crippen molar-refractivity contribution in [1.29, 1.82) is 0 Å². The second-order valence-corrected chi connectivity index (χ2v) is 5.55. The van der Waals surface area contributed by atoms with Gasteiger partial charge in [0.25, 0.3) is 5.91 Å². The highest BCUT2D eigenvalue weighted by Crippen LogP contribution is 2.17. The maximum Gasteiger partial charge on any atom is 0.272 e. The van der Waals surface area contributed by atoms with E-state index in [4.69, 9.17) is 0 Å². The molecule has 1 aliphatic rings. The summed E-state index contributed by atoms with van der Waals surface area (Å²) < 4.78 is 0. The van der Waals surface area contributed by atoms with Crippen molar-refractivity contribution in [1.82, 2.24) is 14.9 Å². The standard InChI is InChI=1S/C17H18N4O2/c1-12(22)13-4-6-14(7-5-13)20-16-10-15(18-11-19-16)17(23)21-8-2-3-9-21/h4-7,10-11H,2-3,8-9H2,1H3,(H,18,19,20). The fraction of sp³-hybridized carbons (Fsp3) is 0.294. The van der Waals surface area contributed by atoms with Crippen molar-refractivity contribution in [3.05, 3.63) is 47.9 Å². The van der Waals surface area contributed by atoms with Crippen LogP contribution in [0.25, 0.3) is 0 Å². The van der Waals surface area contributed by atoms with E-state index in [0.29, 0.717) is 17.1 Å². The van der Waals surface area contributed by atoms with E-state index >= 15 is 0 Å². The van der Waals surface area contributed by atoms with Crippen LogP contribution in [0.2, 0.25) is 0 Å². The van der Waals surface area contributed by atoms with Gasteiger partial charge in [-0.1, -0.05) is 0 Å². The molecule has 6 nitrogen and oxygen atoms in total. The zero-order chi connectivity index (χ0) is 16.2. The molecular formula is C17H18N4O2. The van der Waals surface area contributed by atoms with Crippen molar-refractivity contribution >= 4 is 23.2 Å². The molecule has 0 bridgehead atoms. The first-order valence-electron chi connectivity index (χ1n) is 7.63. The summed E-state index contributed by atoms with van der Waals surface area (Å²) in [5, 5.41) is 3.12. The van der Waals surface area contributed by atoms with Crippen LogP contribution in [0.15, 0.2) is 36.7 Å². The lowest BCUT2D eigenvalue weighted by molar-refractivity contribution is 0.0786. The Labute approximate surface area is 134 Å². The number of amides is 1. The van der Waals surface area contributed by atoms with E-state index in [-0.39, 0.29) is 11.7 Å². The summed E-state index contributed by atoms with van der Waals surface area (Å²) in [6.07, 6.45) is 3.48. The molecule has 1 saturated heterocycles. The largest absolute Gasteiger partial charge is 0.340 e. The molecule has 118 valence electrons. The molecule has 23 heavy (non-hydrogen) atoms. The van der Waals surface area contributed by atoms with Gasteiger partial charge in [-0.3, -0.25) is 9.59 Å². The van der Waals surface area contributed by atoms with Gasteiger partial charge >= 0.3 is 0 Å². The molecule has 1 aliphatic heterocycles. The van der Waals surface area contributed by atoms with Crippen LogP contribution in [0, 0.1) is 0 Å². The van der Waals surface area contributed by atoms with E-state index in [2.05, 4.69) is 15.3 Å². The zero-order valence-electron chi connectivity index (χ0n) is 13.0. The molecule has 1 aromatic heterocycles. The number of carbonyl (C=O) groups is 2. The topological polar surface area (TPSA) is 75.2 Å². The van der Waals surface area contributed by atoms with Gasteiger partial charge in [0.05, 0.1) is 0 Å². The highest BCUT2D eigenvalue weighted by molar-refractivity contribution is 5.94. The first-order chi connectivity index (χ1) is 11.1. The Hall–Kier alpha value is -2.76. The SMILES string of the molecule is CC(=O)c1ccc(Nc2cc(C(=O)N3CCCC3)ncn2)cc1. The van der Waals surface area contributed by atoms with E-state index < -0.39 is 0 Å². The van der Waals surface area contributed by atoms with Crippen molar-refractivity contribution in [2.75, 3.05) is 18.4 Å². The zero-order valence-corrected chi connectivity index (χ0v) is 13.0. The van der Waals surface area contributed by atoms with E-state index in [1.54, 1.807) is 30.3 Å². The third-order valence-corrected chi connectivity index (χ3v) is 3.84. The Balaban J connectivity index is 1.74. The maximum atomic E-state index is 12.3. The fourth-order valence-electron chi connectivity index (χ4n) is 2.56. The highest BCUT2D eigenvalue weighted by atomic mass is 16.2. The second-order valence-electron chi connectivity index (χ2n) is 5.55. The average molecular weight is 310 g/mol. The van der Waals surface area contributed by atoms with Crippen LogP contribution in [0.4, 0.5) is 11.5 Å². The molecule has 0 atom stereocenters. The lowest BCUT2D eigenvalue weighted by Gasteiger charge is -2.14. The predicted molar refractivity (Wildman–Crippen MR) is 86.9 cm³/mol. The van der Waals surface area contributed by atoms with Crippen LogP contribution in [0.1, 0.15) is 40.6 Å². The normalized spacial score (nSPS) is 13.9. The summed E-state index contributed by atoms with van der Waals surface area (Å²) in [7, 11) is 0. The number of Topliss-reactive ketones (excluding diaryl/α,β-unsaturated/α-hetero) is 1. The molecule has 3 rings (SSSR count). The number of hydrogen-bond donors (Lipinski definition) is 1. The number of ketones is 1. The summed E-state index contributed by atoms with van der Waals surface area (Å²) in [5.74, 6) is 0.523. The van der Waals surface area contributed by atoms with Crippen molar-refractivity contribution in [3.63, 3.8) is 0 Å². The fourth-order valence-corrected chi connectivity index (χ4v) is 2.56. The predicted octanol–water partition coefficient (Wildman–Crippen LogP) is 2.66. The average Bonchev–Trinajstić information content (AvgIpc) is 3.09. The molecule has 0 saturated carbocycles. The van der Waals surface area contributed by atoms with Gasteiger partial charge in [-0.25, -0.2) is 9.97 Å². The molecule has 1 N–H and O–H groups in total. The number of carbonyl (C=O) groups excluding carboxylic acids is 2. The minimum Gasteiger partial charge on any atom is -0.340 e. The second kappa shape index (κ2) is 6.56. The minimum atomic E-state index is -0.0557. The van der Waals surface area contributed by atoms with Crippen LogP contribution in [0.3, 0.4) is 0 Å². The third kappa shape index (κ3) is 3.53. The Kier molecular flexibility index (Phi) is 4.32. The number of hydrogen-bond acceptors (Lipinski definition) is 5. The Morgan fingerprint density at radius 2 is 1.78 bits per heavy atom. The number of nitrogens with zero attached hydrogens (tertiary/aromatic N) is 3. The van der Waals surface area contributed by atoms with Crippen molar-refractivity contribution in [3.8, 4) is 0 Å². The molecule has 1 amide bonds. The lowest BCUT2D eigenvalue weighted by atomic mass is 10.1. The first-order valence-corrected chi connectivity index (χ1v) is 7.63. The first kappa shape index (κ1) is 15.1. The van der Waals surface area contributed by atoms with E-state index in [1.165, 1.54) is 13.3 Å².